The van der Waals surface area contributed by atoms with Crippen LogP contribution in [0.3, 0.4) is 0 Å². The molecule has 1 saturated carbocycles. The van der Waals surface area contributed by atoms with Crippen LogP contribution in [0.5, 0.6) is 0 Å². The summed E-state index contributed by atoms with van der Waals surface area (Å²) in [6, 6.07) is 5.50. The van der Waals surface area contributed by atoms with Crippen molar-refractivity contribution in [1.29, 1.82) is 0 Å². The first-order chi connectivity index (χ1) is 9.88. The topological polar surface area (TPSA) is 95.5 Å². The molecule has 2 atom stereocenters. The molecule has 0 radical (unpaired) electrons. The van der Waals surface area contributed by atoms with Crippen molar-refractivity contribution in [1.82, 2.24) is 4.72 Å². The molecule has 1 aromatic rings. The highest BCUT2D eigenvalue weighted by atomic mass is 32.2. The second-order valence-corrected chi connectivity index (χ2v) is 7.00. The monoisotopic (exact) mass is 312 g/mol. The van der Waals surface area contributed by atoms with Crippen LogP contribution >= 0.6 is 0 Å². The molecule has 0 unspecified atom stereocenters. The van der Waals surface area contributed by atoms with Gasteiger partial charge in [-0.15, -0.1) is 0 Å². The minimum Gasteiger partial charge on any atom is -0.391 e. The minimum absolute atomic E-state index is 0.120. The van der Waals surface area contributed by atoms with Crippen LogP contribution < -0.4 is 10.0 Å². The Hall–Kier alpha value is -1.44. The van der Waals surface area contributed by atoms with Crippen LogP contribution in [0.25, 0.3) is 0 Å². The molecule has 116 valence electrons. The molecule has 3 N–H and O–H groups in total. The number of benzene rings is 1. The van der Waals surface area contributed by atoms with Gasteiger partial charge in [0.2, 0.25) is 15.9 Å². The molecule has 0 bridgehead atoms. The van der Waals surface area contributed by atoms with E-state index in [0.717, 1.165) is 12.8 Å². The van der Waals surface area contributed by atoms with Crippen LogP contribution in [0, 0.1) is 0 Å². The smallest absolute Gasteiger partial charge is 0.240 e. The van der Waals surface area contributed by atoms with Crippen molar-refractivity contribution >= 4 is 21.6 Å². The second-order valence-electron chi connectivity index (χ2n) is 5.29. The van der Waals surface area contributed by atoms with E-state index in [0.29, 0.717) is 18.5 Å². The van der Waals surface area contributed by atoms with E-state index in [1.807, 2.05) is 0 Å². The van der Waals surface area contributed by atoms with Crippen molar-refractivity contribution in [3.05, 3.63) is 24.3 Å². The number of anilines is 1. The predicted molar refractivity (Wildman–Crippen MR) is 79.3 cm³/mol. The van der Waals surface area contributed by atoms with E-state index in [1.54, 1.807) is 0 Å². The molecule has 1 amide bonds. The number of hydrogen-bond donors (Lipinski definition) is 3. The lowest BCUT2D eigenvalue weighted by Crippen LogP contribution is -2.44. The number of nitrogens with one attached hydrogen (secondary N) is 2. The Morgan fingerprint density at radius 1 is 1.19 bits per heavy atom. The largest absolute Gasteiger partial charge is 0.391 e. The van der Waals surface area contributed by atoms with Crippen molar-refractivity contribution in [3.8, 4) is 0 Å². The van der Waals surface area contributed by atoms with Crippen LogP contribution in [-0.4, -0.2) is 31.6 Å². The van der Waals surface area contributed by atoms with E-state index in [2.05, 4.69) is 10.0 Å². The molecular weight excluding hydrogens is 292 g/mol. The lowest BCUT2D eigenvalue weighted by molar-refractivity contribution is -0.114. The highest BCUT2D eigenvalue weighted by molar-refractivity contribution is 7.89. The summed E-state index contributed by atoms with van der Waals surface area (Å²) in [5.74, 6) is -0.214. The van der Waals surface area contributed by atoms with Gasteiger partial charge in [-0.2, -0.15) is 0 Å². The van der Waals surface area contributed by atoms with Gasteiger partial charge in [-0.1, -0.05) is 12.8 Å². The fourth-order valence-electron chi connectivity index (χ4n) is 2.44. The fraction of sp³-hybridized carbons (Fsp3) is 0.500. The minimum atomic E-state index is -3.66. The highest BCUT2D eigenvalue weighted by Crippen LogP contribution is 2.21. The van der Waals surface area contributed by atoms with E-state index >= 15 is 0 Å². The zero-order chi connectivity index (χ0) is 15.5. The summed E-state index contributed by atoms with van der Waals surface area (Å²) in [5.41, 5.74) is 0.541. The van der Waals surface area contributed by atoms with Gasteiger partial charge in [0.05, 0.1) is 11.0 Å². The highest BCUT2D eigenvalue weighted by Gasteiger charge is 2.28. The summed E-state index contributed by atoms with van der Waals surface area (Å²) in [6.45, 7) is 1.39. The summed E-state index contributed by atoms with van der Waals surface area (Å²) >= 11 is 0. The standard InChI is InChI=1S/C14H20N2O4S/c1-10(17)15-11-6-8-12(9-7-11)21(19,20)16-13-4-2-3-5-14(13)18/h6-9,13-14,16,18H,2-5H2,1H3,(H,15,17)/t13-,14-/m1/s1. The first-order valence-electron chi connectivity index (χ1n) is 6.96. The molecule has 1 aliphatic carbocycles. The number of rotatable bonds is 4. The van der Waals surface area contributed by atoms with E-state index in [4.69, 9.17) is 0 Å². The van der Waals surface area contributed by atoms with Gasteiger partial charge in [0, 0.05) is 18.7 Å². The van der Waals surface area contributed by atoms with Crippen molar-refractivity contribution < 1.29 is 18.3 Å². The van der Waals surface area contributed by atoms with Crippen LogP contribution in [0.15, 0.2) is 29.2 Å². The molecule has 0 aromatic heterocycles. The van der Waals surface area contributed by atoms with Gasteiger partial charge in [0.15, 0.2) is 0 Å². The first-order valence-corrected chi connectivity index (χ1v) is 8.45. The van der Waals surface area contributed by atoms with Gasteiger partial charge in [-0.25, -0.2) is 13.1 Å². The Morgan fingerprint density at radius 3 is 2.38 bits per heavy atom. The summed E-state index contributed by atoms with van der Waals surface area (Å²) in [4.78, 5) is 11.0. The zero-order valence-corrected chi connectivity index (χ0v) is 12.7. The molecule has 0 aliphatic heterocycles. The number of sulfonamides is 1. The summed E-state index contributed by atoms with van der Waals surface area (Å²) in [6.07, 6.45) is 2.46. The lowest BCUT2D eigenvalue weighted by Gasteiger charge is -2.28. The fourth-order valence-corrected chi connectivity index (χ4v) is 3.74. The molecule has 6 nitrogen and oxygen atoms in total. The van der Waals surface area contributed by atoms with Crippen LogP contribution in [0.2, 0.25) is 0 Å². The number of amides is 1. The molecule has 2 rings (SSSR count). The quantitative estimate of drug-likeness (QED) is 0.779. The van der Waals surface area contributed by atoms with Gasteiger partial charge in [0.1, 0.15) is 0 Å². The van der Waals surface area contributed by atoms with Crippen LogP contribution in [-0.2, 0) is 14.8 Å². The van der Waals surface area contributed by atoms with E-state index < -0.39 is 22.2 Å². The Bertz CT molecular complexity index is 598. The second kappa shape index (κ2) is 6.55. The average molecular weight is 312 g/mol. The Labute approximate surface area is 124 Å². The zero-order valence-electron chi connectivity index (χ0n) is 11.9. The summed E-state index contributed by atoms with van der Waals surface area (Å²) in [5, 5.41) is 12.4. The maximum Gasteiger partial charge on any atom is 0.240 e. The van der Waals surface area contributed by atoms with Gasteiger partial charge in [0.25, 0.3) is 0 Å². The van der Waals surface area contributed by atoms with E-state index in [1.165, 1.54) is 31.2 Å². The van der Waals surface area contributed by atoms with Gasteiger partial charge < -0.3 is 10.4 Å². The molecule has 1 fully saturated rings. The number of carbonyl (C=O) groups excluding carboxylic acids is 1. The Morgan fingerprint density at radius 2 is 1.81 bits per heavy atom. The van der Waals surface area contributed by atoms with Crippen LogP contribution in [0.4, 0.5) is 5.69 Å². The molecule has 0 spiro atoms. The lowest BCUT2D eigenvalue weighted by atomic mass is 9.93. The SMILES string of the molecule is CC(=O)Nc1ccc(S(=O)(=O)N[C@@H]2CCCC[C@H]2O)cc1. The Balaban J connectivity index is 2.10. The molecule has 1 aromatic carbocycles. The van der Waals surface area contributed by atoms with Crippen molar-refractivity contribution in [2.45, 2.75) is 49.6 Å². The van der Waals surface area contributed by atoms with E-state index in [9.17, 15) is 18.3 Å². The predicted octanol–water partition coefficient (Wildman–Crippen LogP) is 1.23. The third-order valence-corrected chi connectivity index (χ3v) is 5.03. The summed E-state index contributed by atoms with van der Waals surface area (Å²) < 4.78 is 27.1. The van der Waals surface area contributed by atoms with Gasteiger partial charge >= 0.3 is 0 Å². The van der Waals surface area contributed by atoms with E-state index in [-0.39, 0.29) is 10.8 Å². The number of carbonyl (C=O) groups is 1. The average Bonchev–Trinajstić information content (AvgIpc) is 2.41. The van der Waals surface area contributed by atoms with Gasteiger partial charge in [-0.3, -0.25) is 4.79 Å². The molecular formula is C14H20N2O4S. The third kappa shape index (κ3) is 4.26. The number of hydrogen-bond acceptors (Lipinski definition) is 4. The first kappa shape index (κ1) is 15.9. The third-order valence-electron chi connectivity index (χ3n) is 3.52. The van der Waals surface area contributed by atoms with Crippen molar-refractivity contribution in [2.24, 2.45) is 0 Å². The molecule has 0 heterocycles. The molecule has 1 aliphatic rings. The van der Waals surface area contributed by atoms with Crippen molar-refractivity contribution in [2.75, 3.05) is 5.32 Å². The van der Waals surface area contributed by atoms with Crippen molar-refractivity contribution in [3.63, 3.8) is 0 Å². The maximum absolute atomic E-state index is 12.3. The number of aliphatic hydroxyl groups is 1. The molecule has 21 heavy (non-hydrogen) atoms. The maximum atomic E-state index is 12.3. The molecule has 7 heteroatoms. The Kier molecular flexibility index (Phi) is 4.97. The molecule has 0 saturated heterocycles. The summed E-state index contributed by atoms with van der Waals surface area (Å²) in [7, 11) is -3.66. The van der Waals surface area contributed by atoms with Crippen LogP contribution in [0.1, 0.15) is 32.6 Å². The normalized spacial score (nSPS) is 22.8. The van der Waals surface area contributed by atoms with Gasteiger partial charge in [-0.05, 0) is 37.1 Å². The number of aliphatic hydroxyl groups excluding tert-OH is 1.